The molecule has 1 saturated carbocycles. The van der Waals surface area contributed by atoms with Gasteiger partial charge >= 0.3 is 6.09 Å². The van der Waals surface area contributed by atoms with Gasteiger partial charge in [0.05, 0.1) is 0 Å². The number of carbonyl (C=O) groups is 1. The van der Waals surface area contributed by atoms with Gasteiger partial charge in [-0.2, -0.15) is 0 Å². The number of halogens is 1. The maximum atomic E-state index is 13.8. The van der Waals surface area contributed by atoms with Crippen LogP contribution in [0.3, 0.4) is 0 Å². The Kier molecular flexibility index (Phi) is 4.37. The van der Waals surface area contributed by atoms with E-state index in [1.807, 2.05) is 13.1 Å². The molecule has 0 aliphatic heterocycles. The fourth-order valence-corrected chi connectivity index (χ4v) is 2.15. The van der Waals surface area contributed by atoms with Crippen LogP contribution in [0.5, 0.6) is 0 Å². The average molecular weight is 266 g/mol. The van der Waals surface area contributed by atoms with Crippen LogP contribution in [-0.2, 0) is 17.9 Å². The molecular formula is C14H19FN2O2. The molecule has 2 N–H and O–H groups in total. The number of ether oxygens (including phenoxy) is 1. The lowest BCUT2D eigenvalue weighted by Crippen LogP contribution is -2.22. The van der Waals surface area contributed by atoms with E-state index in [0.717, 1.165) is 18.0 Å². The predicted molar refractivity (Wildman–Crippen MR) is 69.8 cm³/mol. The third kappa shape index (κ3) is 4.21. The van der Waals surface area contributed by atoms with E-state index in [-0.39, 0.29) is 12.4 Å². The topological polar surface area (TPSA) is 55.6 Å². The summed E-state index contributed by atoms with van der Waals surface area (Å²) in [5, 5.41) is 0. The van der Waals surface area contributed by atoms with Crippen LogP contribution in [0.4, 0.5) is 9.18 Å². The highest BCUT2D eigenvalue weighted by molar-refractivity contribution is 5.64. The third-order valence-corrected chi connectivity index (χ3v) is 3.28. The zero-order chi connectivity index (χ0) is 13.8. The average Bonchev–Trinajstić information content (AvgIpc) is 3.11. The Balaban J connectivity index is 2.04. The molecule has 104 valence electrons. The van der Waals surface area contributed by atoms with E-state index in [4.69, 9.17) is 10.5 Å². The number of hydrogen-bond donors (Lipinski definition) is 1. The van der Waals surface area contributed by atoms with Gasteiger partial charge in [-0.15, -0.1) is 0 Å². The van der Waals surface area contributed by atoms with Crippen LogP contribution in [-0.4, -0.2) is 24.6 Å². The minimum absolute atomic E-state index is 0.116. The van der Waals surface area contributed by atoms with Gasteiger partial charge in [0.1, 0.15) is 12.4 Å². The Bertz CT molecular complexity index is 461. The molecule has 19 heavy (non-hydrogen) atoms. The van der Waals surface area contributed by atoms with Crippen molar-refractivity contribution in [2.75, 3.05) is 13.6 Å². The van der Waals surface area contributed by atoms with Gasteiger partial charge in [-0.3, -0.25) is 0 Å². The molecule has 0 radical (unpaired) electrons. The van der Waals surface area contributed by atoms with Gasteiger partial charge in [0.2, 0.25) is 0 Å². The summed E-state index contributed by atoms with van der Waals surface area (Å²) in [6.07, 6.45) is 1.68. The van der Waals surface area contributed by atoms with Crippen LogP contribution in [0.15, 0.2) is 18.2 Å². The lowest BCUT2D eigenvalue weighted by Gasteiger charge is -2.18. The highest BCUT2D eigenvalue weighted by atomic mass is 19.1. The van der Waals surface area contributed by atoms with Crippen molar-refractivity contribution in [3.05, 3.63) is 35.1 Å². The number of nitrogens with two attached hydrogens (primary N) is 1. The zero-order valence-corrected chi connectivity index (χ0v) is 11.1. The summed E-state index contributed by atoms with van der Waals surface area (Å²) in [5.41, 5.74) is 6.17. The smallest absolute Gasteiger partial charge is 0.404 e. The number of rotatable bonds is 6. The summed E-state index contributed by atoms with van der Waals surface area (Å²) in [7, 11) is 2.02. The molecule has 0 bridgehead atoms. The molecule has 0 unspecified atom stereocenters. The van der Waals surface area contributed by atoms with Crippen LogP contribution in [0.2, 0.25) is 0 Å². The Hall–Kier alpha value is -1.62. The highest BCUT2D eigenvalue weighted by Gasteiger charge is 2.23. The molecular weight excluding hydrogens is 247 g/mol. The molecule has 0 saturated heterocycles. The van der Waals surface area contributed by atoms with Gasteiger partial charge in [0, 0.05) is 18.7 Å². The fourth-order valence-electron chi connectivity index (χ4n) is 2.15. The van der Waals surface area contributed by atoms with Gasteiger partial charge in [-0.25, -0.2) is 9.18 Å². The monoisotopic (exact) mass is 266 g/mol. The molecule has 0 spiro atoms. The van der Waals surface area contributed by atoms with E-state index < -0.39 is 6.09 Å². The first-order valence-electron chi connectivity index (χ1n) is 6.43. The lowest BCUT2D eigenvalue weighted by molar-refractivity contribution is 0.148. The van der Waals surface area contributed by atoms with E-state index in [2.05, 4.69) is 4.90 Å². The van der Waals surface area contributed by atoms with E-state index in [9.17, 15) is 9.18 Å². The van der Waals surface area contributed by atoms with Crippen LogP contribution >= 0.6 is 0 Å². The van der Waals surface area contributed by atoms with Crippen molar-refractivity contribution in [2.45, 2.75) is 26.0 Å². The second kappa shape index (κ2) is 6.02. The van der Waals surface area contributed by atoms with Gasteiger partial charge in [-0.05, 0) is 37.4 Å². The lowest BCUT2D eigenvalue weighted by atomic mass is 10.1. The highest BCUT2D eigenvalue weighted by Crippen LogP contribution is 2.30. The van der Waals surface area contributed by atoms with Crippen molar-refractivity contribution in [1.82, 2.24) is 4.90 Å². The first kappa shape index (κ1) is 13.8. The van der Waals surface area contributed by atoms with E-state index in [0.29, 0.717) is 12.1 Å². The minimum Gasteiger partial charge on any atom is -0.445 e. The van der Waals surface area contributed by atoms with Crippen LogP contribution in [0.25, 0.3) is 0 Å². The second-order valence-electron chi connectivity index (χ2n) is 5.13. The molecule has 1 fully saturated rings. The maximum absolute atomic E-state index is 13.8. The molecule has 1 aromatic rings. The molecule has 1 aliphatic carbocycles. The summed E-state index contributed by atoms with van der Waals surface area (Å²) in [5.74, 6) is 0.419. The number of amides is 1. The summed E-state index contributed by atoms with van der Waals surface area (Å²) >= 11 is 0. The second-order valence-corrected chi connectivity index (χ2v) is 5.13. The molecule has 4 nitrogen and oxygen atoms in total. The van der Waals surface area contributed by atoms with E-state index >= 15 is 0 Å². The molecule has 0 atom stereocenters. The minimum atomic E-state index is -0.888. The standard InChI is InChI=1S/C14H19FN2O2/c1-17(7-10-5-6-10)8-11-3-2-4-13(15)12(11)9-19-14(16)18/h2-4,10H,5-9H2,1H3,(H2,16,18). The predicted octanol–water partition coefficient (Wildman–Crippen LogP) is 2.26. The van der Waals surface area contributed by atoms with E-state index in [1.54, 1.807) is 6.07 Å². The fraction of sp³-hybridized carbons (Fsp3) is 0.500. The quantitative estimate of drug-likeness (QED) is 0.859. The first-order chi connectivity index (χ1) is 9.06. The summed E-state index contributed by atoms with van der Waals surface area (Å²) in [6, 6.07) is 4.89. The number of primary amides is 1. The SMILES string of the molecule is CN(Cc1cccc(F)c1COC(N)=O)CC1CC1. The Labute approximate surface area is 112 Å². The van der Waals surface area contributed by atoms with Gasteiger partial charge in [0.25, 0.3) is 0 Å². The van der Waals surface area contributed by atoms with Crippen molar-refractivity contribution < 1.29 is 13.9 Å². The number of carbonyl (C=O) groups excluding carboxylic acids is 1. The zero-order valence-electron chi connectivity index (χ0n) is 11.1. The number of benzene rings is 1. The normalized spacial score (nSPS) is 14.7. The molecule has 2 rings (SSSR count). The maximum Gasteiger partial charge on any atom is 0.404 e. The van der Waals surface area contributed by atoms with Gasteiger partial charge in [-0.1, -0.05) is 12.1 Å². The van der Waals surface area contributed by atoms with Gasteiger partial charge in [0.15, 0.2) is 0 Å². The third-order valence-electron chi connectivity index (χ3n) is 3.28. The van der Waals surface area contributed by atoms with Crippen molar-refractivity contribution in [3.63, 3.8) is 0 Å². The van der Waals surface area contributed by atoms with Crippen LogP contribution < -0.4 is 5.73 Å². The first-order valence-corrected chi connectivity index (χ1v) is 6.43. The number of nitrogens with zero attached hydrogens (tertiary/aromatic N) is 1. The number of hydrogen-bond acceptors (Lipinski definition) is 3. The summed E-state index contributed by atoms with van der Waals surface area (Å²) < 4.78 is 18.5. The van der Waals surface area contributed by atoms with Crippen molar-refractivity contribution in [2.24, 2.45) is 11.7 Å². The van der Waals surface area contributed by atoms with Crippen LogP contribution in [0, 0.1) is 11.7 Å². The van der Waals surface area contributed by atoms with Crippen molar-refractivity contribution in [3.8, 4) is 0 Å². The molecule has 1 amide bonds. The summed E-state index contributed by atoms with van der Waals surface area (Å²) in [4.78, 5) is 12.8. The summed E-state index contributed by atoms with van der Waals surface area (Å²) in [6.45, 7) is 1.55. The molecule has 0 heterocycles. The Morgan fingerprint density at radius 3 is 2.89 bits per heavy atom. The van der Waals surface area contributed by atoms with Crippen molar-refractivity contribution >= 4 is 6.09 Å². The Morgan fingerprint density at radius 2 is 2.26 bits per heavy atom. The molecule has 5 heteroatoms. The molecule has 1 aromatic carbocycles. The Morgan fingerprint density at radius 1 is 1.53 bits per heavy atom. The van der Waals surface area contributed by atoms with Crippen molar-refractivity contribution in [1.29, 1.82) is 0 Å². The van der Waals surface area contributed by atoms with E-state index in [1.165, 1.54) is 18.9 Å². The molecule has 0 aromatic heterocycles. The largest absolute Gasteiger partial charge is 0.445 e. The van der Waals surface area contributed by atoms with Gasteiger partial charge < -0.3 is 15.4 Å². The molecule has 1 aliphatic rings. The van der Waals surface area contributed by atoms with Crippen LogP contribution in [0.1, 0.15) is 24.0 Å².